The van der Waals surface area contributed by atoms with Crippen molar-refractivity contribution in [2.45, 2.75) is 77.3 Å². The first-order valence-corrected chi connectivity index (χ1v) is 7.09. The lowest BCUT2D eigenvalue weighted by Crippen LogP contribution is -2.34. The van der Waals surface area contributed by atoms with Crippen LogP contribution in [-0.2, 0) is 0 Å². The van der Waals surface area contributed by atoms with Gasteiger partial charge in [-0.1, -0.05) is 25.7 Å². The second-order valence-corrected chi connectivity index (χ2v) is 5.56. The molecule has 1 fully saturated rings. The van der Waals surface area contributed by atoms with Gasteiger partial charge in [-0.3, -0.25) is 0 Å². The normalized spacial score (nSPS) is 21.2. The summed E-state index contributed by atoms with van der Waals surface area (Å²) in [5, 5.41) is 12.4. The lowest BCUT2D eigenvalue weighted by Gasteiger charge is -2.21. The van der Waals surface area contributed by atoms with Crippen LogP contribution >= 0.6 is 0 Å². The SMILES string of the molecule is CC(CCCO)NC(C)CCC1CCCC1. The van der Waals surface area contributed by atoms with E-state index in [0.717, 1.165) is 18.8 Å². The number of aliphatic hydroxyl groups excluding tert-OH is 1. The van der Waals surface area contributed by atoms with E-state index < -0.39 is 0 Å². The summed E-state index contributed by atoms with van der Waals surface area (Å²) in [4.78, 5) is 0. The minimum absolute atomic E-state index is 0.322. The number of rotatable bonds is 8. The monoisotopic (exact) mass is 227 g/mol. The highest BCUT2D eigenvalue weighted by Gasteiger charge is 2.16. The van der Waals surface area contributed by atoms with Crippen molar-refractivity contribution in [1.29, 1.82) is 0 Å². The van der Waals surface area contributed by atoms with Crippen LogP contribution in [0.1, 0.15) is 65.2 Å². The molecule has 0 radical (unpaired) electrons. The largest absolute Gasteiger partial charge is 0.396 e. The summed E-state index contributed by atoms with van der Waals surface area (Å²) in [7, 11) is 0. The third-order valence-electron chi connectivity index (χ3n) is 3.85. The summed E-state index contributed by atoms with van der Waals surface area (Å²) in [6, 6.07) is 1.18. The first kappa shape index (κ1) is 14.0. The van der Waals surface area contributed by atoms with Crippen molar-refractivity contribution in [3.63, 3.8) is 0 Å². The predicted octanol–water partition coefficient (Wildman–Crippen LogP) is 3.10. The van der Waals surface area contributed by atoms with E-state index in [1.54, 1.807) is 0 Å². The summed E-state index contributed by atoms with van der Waals surface area (Å²) in [5.41, 5.74) is 0. The van der Waals surface area contributed by atoms with Gasteiger partial charge in [0.25, 0.3) is 0 Å². The molecule has 1 rings (SSSR count). The Morgan fingerprint density at radius 3 is 2.38 bits per heavy atom. The van der Waals surface area contributed by atoms with Crippen molar-refractivity contribution in [1.82, 2.24) is 5.32 Å². The van der Waals surface area contributed by atoms with Crippen LogP contribution < -0.4 is 5.32 Å². The van der Waals surface area contributed by atoms with E-state index in [1.165, 1.54) is 38.5 Å². The lowest BCUT2D eigenvalue weighted by atomic mass is 9.98. The van der Waals surface area contributed by atoms with Crippen LogP contribution in [-0.4, -0.2) is 23.8 Å². The summed E-state index contributed by atoms with van der Waals surface area (Å²) >= 11 is 0. The van der Waals surface area contributed by atoms with Crippen molar-refractivity contribution in [2.75, 3.05) is 6.61 Å². The molecule has 1 aliphatic carbocycles. The Hall–Kier alpha value is -0.0800. The number of hydrogen-bond acceptors (Lipinski definition) is 2. The zero-order chi connectivity index (χ0) is 11.8. The maximum absolute atomic E-state index is 8.77. The Morgan fingerprint density at radius 1 is 1.12 bits per heavy atom. The first-order valence-electron chi connectivity index (χ1n) is 7.09. The number of aliphatic hydroxyl groups is 1. The van der Waals surface area contributed by atoms with Crippen LogP contribution in [0.15, 0.2) is 0 Å². The second-order valence-electron chi connectivity index (χ2n) is 5.56. The van der Waals surface area contributed by atoms with E-state index in [4.69, 9.17) is 5.11 Å². The topological polar surface area (TPSA) is 32.3 Å². The molecular weight excluding hydrogens is 198 g/mol. The summed E-state index contributed by atoms with van der Waals surface area (Å²) < 4.78 is 0. The Bertz CT molecular complexity index is 166. The van der Waals surface area contributed by atoms with Gasteiger partial charge in [-0.2, -0.15) is 0 Å². The summed E-state index contributed by atoms with van der Waals surface area (Å²) in [5.74, 6) is 1.01. The zero-order valence-electron chi connectivity index (χ0n) is 11.0. The van der Waals surface area contributed by atoms with Crippen LogP contribution in [0.2, 0.25) is 0 Å². The third-order valence-corrected chi connectivity index (χ3v) is 3.85. The molecule has 2 nitrogen and oxygen atoms in total. The molecular formula is C14H29NO. The summed E-state index contributed by atoms with van der Waals surface area (Å²) in [6.45, 7) is 4.84. The molecule has 0 bridgehead atoms. The number of hydrogen-bond donors (Lipinski definition) is 2. The predicted molar refractivity (Wildman–Crippen MR) is 69.6 cm³/mol. The molecule has 1 saturated carbocycles. The molecule has 16 heavy (non-hydrogen) atoms. The number of nitrogens with one attached hydrogen (secondary N) is 1. The molecule has 0 aromatic heterocycles. The van der Waals surface area contributed by atoms with E-state index in [1.807, 2.05) is 0 Å². The second kappa shape index (κ2) is 8.08. The highest BCUT2D eigenvalue weighted by molar-refractivity contribution is 4.72. The fourth-order valence-electron chi connectivity index (χ4n) is 2.83. The molecule has 0 spiro atoms. The van der Waals surface area contributed by atoms with Gasteiger partial charge in [0.1, 0.15) is 0 Å². The quantitative estimate of drug-likeness (QED) is 0.668. The maximum Gasteiger partial charge on any atom is 0.0431 e. The minimum atomic E-state index is 0.322. The Labute approximate surface area is 101 Å². The molecule has 0 aromatic rings. The van der Waals surface area contributed by atoms with Crippen molar-refractivity contribution < 1.29 is 5.11 Å². The Balaban J connectivity index is 2.02. The Kier molecular flexibility index (Phi) is 7.06. The maximum atomic E-state index is 8.77. The van der Waals surface area contributed by atoms with Gasteiger partial charge in [-0.25, -0.2) is 0 Å². The highest BCUT2D eigenvalue weighted by Crippen LogP contribution is 2.28. The molecule has 2 heteroatoms. The molecule has 0 aromatic carbocycles. The highest BCUT2D eigenvalue weighted by atomic mass is 16.2. The molecule has 2 unspecified atom stereocenters. The van der Waals surface area contributed by atoms with Gasteiger partial charge < -0.3 is 10.4 Å². The minimum Gasteiger partial charge on any atom is -0.396 e. The van der Waals surface area contributed by atoms with Crippen LogP contribution in [0.5, 0.6) is 0 Å². The molecule has 2 atom stereocenters. The fourth-order valence-corrected chi connectivity index (χ4v) is 2.83. The smallest absolute Gasteiger partial charge is 0.0431 e. The standard InChI is InChI=1S/C14H29NO/c1-12(6-5-11-16)15-13(2)9-10-14-7-3-4-8-14/h12-16H,3-11H2,1-2H3. The van der Waals surface area contributed by atoms with Gasteiger partial charge in [0.05, 0.1) is 0 Å². The van der Waals surface area contributed by atoms with Gasteiger partial charge in [0.15, 0.2) is 0 Å². The van der Waals surface area contributed by atoms with Crippen LogP contribution in [0.25, 0.3) is 0 Å². The van der Waals surface area contributed by atoms with E-state index in [0.29, 0.717) is 18.7 Å². The van der Waals surface area contributed by atoms with E-state index in [2.05, 4.69) is 19.2 Å². The van der Waals surface area contributed by atoms with Gasteiger partial charge in [-0.05, 0) is 45.4 Å². The zero-order valence-corrected chi connectivity index (χ0v) is 11.0. The molecule has 2 N–H and O–H groups in total. The molecule has 0 saturated heterocycles. The van der Waals surface area contributed by atoms with Gasteiger partial charge in [-0.15, -0.1) is 0 Å². The fraction of sp³-hybridized carbons (Fsp3) is 1.00. The van der Waals surface area contributed by atoms with E-state index >= 15 is 0 Å². The van der Waals surface area contributed by atoms with Crippen LogP contribution in [0.4, 0.5) is 0 Å². The van der Waals surface area contributed by atoms with Crippen LogP contribution in [0.3, 0.4) is 0 Å². The Morgan fingerprint density at radius 2 is 1.75 bits per heavy atom. The van der Waals surface area contributed by atoms with Gasteiger partial charge in [0.2, 0.25) is 0 Å². The average molecular weight is 227 g/mol. The van der Waals surface area contributed by atoms with Gasteiger partial charge >= 0.3 is 0 Å². The van der Waals surface area contributed by atoms with Crippen molar-refractivity contribution in [2.24, 2.45) is 5.92 Å². The summed E-state index contributed by atoms with van der Waals surface area (Å²) in [6.07, 6.45) is 10.6. The molecule has 1 aliphatic rings. The van der Waals surface area contributed by atoms with Crippen molar-refractivity contribution >= 4 is 0 Å². The third kappa shape index (κ3) is 5.86. The van der Waals surface area contributed by atoms with Crippen molar-refractivity contribution in [3.05, 3.63) is 0 Å². The van der Waals surface area contributed by atoms with E-state index in [9.17, 15) is 0 Å². The molecule has 0 amide bonds. The average Bonchev–Trinajstić information content (AvgIpc) is 2.76. The lowest BCUT2D eigenvalue weighted by molar-refractivity contribution is 0.272. The molecule has 0 heterocycles. The molecule has 96 valence electrons. The van der Waals surface area contributed by atoms with Gasteiger partial charge in [0, 0.05) is 18.7 Å². The van der Waals surface area contributed by atoms with E-state index in [-0.39, 0.29) is 0 Å². The van der Waals surface area contributed by atoms with Crippen LogP contribution in [0, 0.1) is 5.92 Å². The first-order chi connectivity index (χ1) is 7.72. The van der Waals surface area contributed by atoms with Crippen molar-refractivity contribution in [3.8, 4) is 0 Å². The molecule has 0 aliphatic heterocycles.